The van der Waals surface area contributed by atoms with Gasteiger partial charge in [0.2, 0.25) is 0 Å². The Hall–Kier alpha value is -4.06. The van der Waals surface area contributed by atoms with Gasteiger partial charge in [-0.3, -0.25) is 14.8 Å². The van der Waals surface area contributed by atoms with Crippen molar-refractivity contribution in [3.63, 3.8) is 0 Å². The third kappa shape index (κ3) is 2.90. The number of aromatic nitrogens is 4. The zero-order valence-electron chi connectivity index (χ0n) is 16.6. The first-order valence-corrected chi connectivity index (χ1v) is 9.68. The first kappa shape index (κ1) is 18.0. The lowest BCUT2D eigenvalue weighted by molar-refractivity contribution is 0.0963. The van der Waals surface area contributed by atoms with Crippen LogP contribution < -0.4 is 5.32 Å². The molecule has 0 fully saturated rings. The number of fused-ring (bicyclic) bond motifs is 2. The van der Waals surface area contributed by atoms with E-state index in [1.54, 1.807) is 13.2 Å². The zero-order chi connectivity index (χ0) is 20.7. The first-order chi connectivity index (χ1) is 14.7. The SMILES string of the molecule is CNC(=O)c1ccc2c(-c3c(-c4cccc(C)n4)nn4ccccc34)ccnc2c1. The van der Waals surface area contributed by atoms with E-state index in [2.05, 4.69) is 10.3 Å². The van der Waals surface area contributed by atoms with Gasteiger partial charge in [0.05, 0.1) is 16.7 Å². The smallest absolute Gasteiger partial charge is 0.251 e. The molecular weight excluding hydrogens is 374 g/mol. The molecule has 1 aromatic carbocycles. The molecule has 6 nitrogen and oxygen atoms in total. The topological polar surface area (TPSA) is 72.2 Å². The molecule has 0 saturated carbocycles. The zero-order valence-corrected chi connectivity index (χ0v) is 16.6. The fourth-order valence-electron chi connectivity index (χ4n) is 3.77. The third-order valence-electron chi connectivity index (χ3n) is 5.17. The second kappa shape index (κ2) is 7.08. The number of hydrogen-bond donors (Lipinski definition) is 1. The number of pyridine rings is 3. The van der Waals surface area contributed by atoms with E-state index in [0.29, 0.717) is 5.56 Å². The van der Waals surface area contributed by atoms with Crippen molar-refractivity contribution in [3.8, 4) is 22.5 Å². The van der Waals surface area contributed by atoms with E-state index in [9.17, 15) is 4.79 Å². The van der Waals surface area contributed by atoms with Gasteiger partial charge in [0.25, 0.3) is 5.91 Å². The highest BCUT2D eigenvalue weighted by Crippen LogP contribution is 2.37. The molecule has 1 amide bonds. The fourth-order valence-corrected chi connectivity index (χ4v) is 3.77. The Kier molecular flexibility index (Phi) is 4.25. The van der Waals surface area contributed by atoms with E-state index < -0.39 is 0 Å². The Labute approximate surface area is 173 Å². The van der Waals surface area contributed by atoms with Crippen LogP contribution in [0.3, 0.4) is 0 Å². The number of nitrogens with zero attached hydrogens (tertiary/aromatic N) is 4. The summed E-state index contributed by atoms with van der Waals surface area (Å²) in [6.07, 6.45) is 3.70. The molecule has 0 spiro atoms. The summed E-state index contributed by atoms with van der Waals surface area (Å²) in [7, 11) is 1.62. The van der Waals surface area contributed by atoms with Gasteiger partial charge in [-0.15, -0.1) is 0 Å². The highest BCUT2D eigenvalue weighted by Gasteiger charge is 2.19. The lowest BCUT2D eigenvalue weighted by atomic mass is 9.97. The van der Waals surface area contributed by atoms with Crippen molar-refractivity contribution in [3.05, 3.63) is 84.3 Å². The van der Waals surface area contributed by atoms with Gasteiger partial charge in [0, 0.05) is 41.6 Å². The molecular formula is C24H19N5O. The van der Waals surface area contributed by atoms with E-state index in [4.69, 9.17) is 10.1 Å². The van der Waals surface area contributed by atoms with Crippen molar-refractivity contribution in [2.45, 2.75) is 6.92 Å². The monoisotopic (exact) mass is 393 g/mol. The third-order valence-corrected chi connectivity index (χ3v) is 5.17. The summed E-state index contributed by atoms with van der Waals surface area (Å²) in [6, 6.07) is 19.5. The molecule has 0 aliphatic rings. The molecule has 0 unspecified atom stereocenters. The summed E-state index contributed by atoms with van der Waals surface area (Å²) in [5, 5.41) is 8.45. The molecule has 0 radical (unpaired) electrons. The maximum Gasteiger partial charge on any atom is 0.251 e. The fraction of sp³-hybridized carbons (Fsp3) is 0.0833. The van der Waals surface area contributed by atoms with Crippen molar-refractivity contribution in [1.29, 1.82) is 0 Å². The Bertz CT molecular complexity index is 1420. The van der Waals surface area contributed by atoms with E-state index >= 15 is 0 Å². The van der Waals surface area contributed by atoms with Crippen molar-refractivity contribution in [2.75, 3.05) is 7.05 Å². The second-order valence-electron chi connectivity index (χ2n) is 7.09. The van der Waals surface area contributed by atoms with Gasteiger partial charge >= 0.3 is 0 Å². The van der Waals surface area contributed by atoms with Crippen LogP contribution in [-0.2, 0) is 0 Å². The van der Waals surface area contributed by atoms with Gasteiger partial charge in [-0.05, 0) is 55.0 Å². The quantitative estimate of drug-likeness (QED) is 0.497. The predicted octanol–water partition coefficient (Wildman–Crippen LogP) is 4.28. The largest absolute Gasteiger partial charge is 0.355 e. The van der Waals surface area contributed by atoms with Gasteiger partial charge in [0.1, 0.15) is 5.69 Å². The minimum absolute atomic E-state index is 0.135. The van der Waals surface area contributed by atoms with Crippen LogP contribution in [-0.4, -0.2) is 32.5 Å². The van der Waals surface area contributed by atoms with Crippen LogP contribution in [0.1, 0.15) is 16.1 Å². The molecule has 0 atom stereocenters. The number of benzene rings is 1. The average Bonchev–Trinajstić information content (AvgIpc) is 3.17. The summed E-state index contributed by atoms with van der Waals surface area (Å²) in [5.74, 6) is -0.135. The van der Waals surface area contributed by atoms with Crippen molar-refractivity contribution < 1.29 is 4.79 Å². The number of hydrogen-bond acceptors (Lipinski definition) is 4. The summed E-state index contributed by atoms with van der Waals surface area (Å²) < 4.78 is 1.87. The van der Waals surface area contributed by atoms with Crippen LogP contribution in [0.5, 0.6) is 0 Å². The van der Waals surface area contributed by atoms with Crippen molar-refractivity contribution in [2.24, 2.45) is 0 Å². The molecule has 30 heavy (non-hydrogen) atoms. The second-order valence-corrected chi connectivity index (χ2v) is 7.09. The van der Waals surface area contributed by atoms with Crippen LogP contribution in [0.25, 0.3) is 38.9 Å². The lowest BCUT2D eigenvalue weighted by Gasteiger charge is -2.09. The van der Waals surface area contributed by atoms with E-state index in [0.717, 1.165) is 44.6 Å². The number of carbonyl (C=O) groups excluding carboxylic acids is 1. The van der Waals surface area contributed by atoms with Crippen LogP contribution in [0.2, 0.25) is 0 Å². The molecule has 4 heterocycles. The number of rotatable bonds is 3. The molecule has 1 N–H and O–H groups in total. The number of amides is 1. The molecule has 0 aliphatic carbocycles. The molecule has 146 valence electrons. The van der Waals surface area contributed by atoms with Gasteiger partial charge in [-0.1, -0.05) is 18.2 Å². The molecule has 0 aliphatic heterocycles. The molecule has 5 rings (SSSR count). The van der Waals surface area contributed by atoms with Crippen molar-refractivity contribution in [1.82, 2.24) is 24.9 Å². The minimum atomic E-state index is -0.135. The highest BCUT2D eigenvalue weighted by atomic mass is 16.1. The minimum Gasteiger partial charge on any atom is -0.355 e. The van der Waals surface area contributed by atoms with E-state index in [1.165, 1.54) is 0 Å². The summed E-state index contributed by atoms with van der Waals surface area (Å²) >= 11 is 0. The van der Waals surface area contributed by atoms with Gasteiger partial charge in [0.15, 0.2) is 0 Å². The normalized spacial score (nSPS) is 11.1. The Morgan fingerprint density at radius 1 is 1.03 bits per heavy atom. The molecule has 4 aromatic heterocycles. The summed E-state index contributed by atoms with van der Waals surface area (Å²) in [5.41, 5.74) is 6.89. The molecule has 6 heteroatoms. The highest BCUT2D eigenvalue weighted by molar-refractivity contribution is 6.05. The van der Waals surface area contributed by atoms with Gasteiger partial charge < -0.3 is 5.32 Å². The lowest BCUT2D eigenvalue weighted by Crippen LogP contribution is -2.17. The van der Waals surface area contributed by atoms with Crippen LogP contribution in [0.15, 0.2) is 73.1 Å². The van der Waals surface area contributed by atoms with Crippen LogP contribution in [0.4, 0.5) is 0 Å². The summed E-state index contributed by atoms with van der Waals surface area (Å²) in [6.45, 7) is 1.97. The first-order valence-electron chi connectivity index (χ1n) is 9.68. The number of nitrogens with one attached hydrogen (secondary N) is 1. The maximum absolute atomic E-state index is 12.1. The van der Waals surface area contributed by atoms with Gasteiger partial charge in [-0.2, -0.15) is 5.10 Å². The Balaban J connectivity index is 1.82. The van der Waals surface area contributed by atoms with Crippen LogP contribution in [0, 0.1) is 6.92 Å². The number of carbonyl (C=O) groups is 1. The van der Waals surface area contributed by atoms with Crippen molar-refractivity contribution >= 4 is 22.3 Å². The van der Waals surface area contributed by atoms with E-state index in [1.807, 2.05) is 78.3 Å². The Morgan fingerprint density at radius 2 is 1.93 bits per heavy atom. The van der Waals surface area contributed by atoms with Crippen LogP contribution >= 0.6 is 0 Å². The molecule has 5 aromatic rings. The number of aryl methyl sites for hydroxylation is 1. The van der Waals surface area contributed by atoms with Gasteiger partial charge in [-0.25, -0.2) is 4.52 Å². The predicted molar refractivity (Wildman–Crippen MR) is 117 cm³/mol. The maximum atomic E-state index is 12.1. The molecule has 0 bridgehead atoms. The standard InChI is InChI=1S/C24H19N5O/c1-15-6-5-7-19(27-15)23-22(21-8-3-4-13-29(21)28-23)18-11-12-26-20-14-16(24(30)25-2)9-10-17(18)20/h3-14H,1-2H3,(H,25,30). The average molecular weight is 393 g/mol. The Morgan fingerprint density at radius 3 is 2.77 bits per heavy atom. The molecule has 0 saturated heterocycles. The van der Waals surface area contributed by atoms with E-state index in [-0.39, 0.29) is 5.91 Å². The summed E-state index contributed by atoms with van der Waals surface area (Å²) in [4.78, 5) is 21.3.